The zero-order valence-corrected chi connectivity index (χ0v) is 15.5. The summed E-state index contributed by atoms with van der Waals surface area (Å²) in [5.41, 5.74) is 1.17. The van der Waals surface area contributed by atoms with Gasteiger partial charge in [0.15, 0.2) is 0 Å². The third-order valence-electron chi connectivity index (χ3n) is 4.04. The summed E-state index contributed by atoms with van der Waals surface area (Å²) in [6.45, 7) is 5.33. The number of carbonyl (C=O) groups is 1. The lowest BCUT2D eigenvalue weighted by Crippen LogP contribution is -2.27. The number of nitrogens with one attached hydrogen (secondary N) is 1. The van der Waals surface area contributed by atoms with Crippen molar-refractivity contribution < 1.29 is 22.5 Å². The second kappa shape index (κ2) is 7.15. The molecule has 1 unspecified atom stereocenters. The predicted molar refractivity (Wildman–Crippen MR) is 94.4 cm³/mol. The van der Waals surface area contributed by atoms with Crippen LogP contribution in [0.1, 0.15) is 46.0 Å². The van der Waals surface area contributed by atoms with Gasteiger partial charge in [-0.15, -0.1) is 11.3 Å². The monoisotopic (exact) mass is 395 g/mol. The highest BCUT2D eigenvalue weighted by Crippen LogP contribution is 2.33. The third-order valence-corrected chi connectivity index (χ3v) is 4.93. The smallest absolute Gasteiger partial charge is 0.361 e. The van der Waals surface area contributed by atoms with Gasteiger partial charge in [-0.3, -0.25) is 4.79 Å². The lowest BCUT2D eigenvalue weighted by atomic mass is 10.1. The first-order valence-electron chi connectivity index (χ1n) is 8.03. The molecule has 0 bridgehead atoms. The molecule has 1 N–H and O–H groups in total. The number of nitrogens with zero attached hydrogens (tertiary/aromatic N) is 2. The van der Waals surface area contributed by atoms with Crippen molar-refractivity contribution >= 4 is 17.2 Å². The summed E-state index contributed by atoms with van der Waals surface area (Å²) in [5.74, 6) is 0.195. The Hall–Kier alpha value is -2.68. The van der Waals surface area contributed by atoms with Gasteiger partial charge in [-0.05, 0) is 32.9 Å². The van der Waals surface area contributed by atoms with Crippen LogP contribution in [0.5, 0.6) is 0 Å². The molecule has 27 heavy (non-hydrogen) atoms. The van der Waals surface area contributed by atoms with E-state index < -0.39 is 17.6 Å². The quantitative estimate of drug-likeness (QED) is 0.681. The summed E-state index contributed by atoms with van der Waals surface area (Å²) in [6.07, 6.45) is -4.43. The van der Waals surface area contributed by atoms with Crippen molar-refractivity contribution in [3.63, 3.8) is 0 Å². The highest BCUT2D eigenvalue weighted by atomic mass is 32.1. The minimum atomic E-state index is -4.43. The Morgan fingerprint density at radius 1 is 1.30 bits per heavy atom. The number of aryl methyl sites for hydroxylation is 2. The zero-order chi connectivity index (χ0) is 19.8. The topological polar surface area (TPSA) is 68.0 Å². The van der Waals surface area contributed by atoms with E-state index in [1.807, 2.05) is 0 Å². The van der Waals surface area contributed by atoms with Crippen molar-refractivity contribution in [2.24, 2.45) is 0 Å². The molecule has 1 aromatic carbocycles. The van der Waals surface area contributed by atoms with Crippen LogP contribution in [0.3, 0.4) is 0 Å². The third kappa shape index (κ3) is 4.02. The van der Waals surface area contributed by atoms with Crippen molar-refractivity contribution in [1.29, 1.82) is 0 Å². The number of halogens is 3. The number of amides is 1. The molecule has 0 aliphatic carbocycles. The molecule has 1 amide bonds. The predicted octanol–water partition coefficient (Wildman–Crippen LogP) is 4.92. The van der Waals surface area contributed by atoms with Gasteiger partial charge < -0.3 is 9.84 Å². The van der Waals surface area contributed by atoms with Crippen LogP contribution in [0.25, 0.3) is 10.6 Å². The molecule has 0 spiro atoms. The number of hydrogen-bond donors (Lipinski definition) is 1. The molecule has 0 fully saturated rings. The number of carbonyl (C=O) groups excluding carboxylic acids is 1. The largest absolute Gasteiger partial charge is 0.416 e. The minimum absolute atomic E-state index is 0.144. The maximum atomic E-state index is 12.9. The molecule has 0 saturated carbocycles. The number of benzene rings is 1. The van der Waals surface area contributed by atoms with E-state index in [9.17, 15) is 18.0 Å². The minimum Gasteiger partial charge on any atom is -0.361 e. The average molecular weight is 395 g/mol. The zero-order valence-electron chi connectivity index (χ0n) is 14.7. The Morgan fingerprint density at radius 3 is 2.67 bits per heavy atom. The van der Waals surface area contributed by atoms with Crippen molar-refractivity contribution in [1.82, 2.24) is 15.5 Å². The SMILES string of the molecule is Cc1noc(C)c1C(C)NC(=O)c1csc(-c2cccc(C(F)(F)F)c2)n1. The fourth-order valence-electron chi connectivity index (χ4n) is 2.79. The Labute approximate surface area is 157 Å². The molecule has 1 atom stereocenters. The van der Waals surface area contributed by atoms with Gasteiger partial charge in [0, 0.05) is 16.5 Å². The van der Waals surface area contributed by atoms with Gasteiger partial charge in [0.2, 0.25) is 0 Å². The second-order valence-electron chi connectivity index (χ2n) is 6.05. The first-order valence-corrected chi connectivity index (χ1v) is 8.91. The van der Waals surface area contributed by atoms with E-state index in [1.54, 1.807) is 20.8 Å². The Kier molecular flexibility index (Phi) is 5.05. The van der Waals surface area contributed by atoms with E-state index in [-0.39, 0.29) is 11.7 Å². The van der Waals surface area contributed by atoms with E-state index in [4.69, 9.17) is 4.52 Å². The van der Waals surface area contributed by atoms with Crippen LogP contribution in [0.4, 0.5) is 13.2 Å². The van der Waals surface area contributed by atoms with Crippen LogP contribution < -0.4 is 5.32 Å². The van der Waals surface area contributed by atoms with Gasteiger partial charge in [-0.2, -0.15) is 13.2 Å². The molecule has 0 saturated heterocycles. The van der Waals surface area contributed by atoms with E-state index in [2.05, 4.69) is 15.5 Å². The van der Waals surface area contributed by atoms with Gasteiger partial charge in [0.1, 0.15) is 16.5 Å². The van der Waals surface area contributed by atoms with Gasteiger partial charge in [-0.1, -0.05) is 17.3 Å². The van der Waals surface area contributed by atoms with E-state index in [0.717, 1.165) is 29.0 Å². The summed E-state index contributed by atoms with van der Waals surface area (Å²) in [7, 11) is 0. The maximum Gasteiger partial charge on any atom is 0.416 e. The second-order valence-corrected chi connectivity index (χ2v) is 6.91. The van der Waals surface area contributed by atoms with Crippen LogP contribution in [0.15, 0.2) is 34.2 Å². The molecule has 2 heterocycles. The average Bonchev–Trinajstić information content (AvgIpc) is 3.21. The first-order chi connectivity index (χ1) is 12.7. The molecule has 142 valence electrons. The maximum absolute atomic E-state index is 12.9. The molecular formula is C18H16F3N3O2S. The molecule has 5 nitrogen and oxygen atoms in total. The van der Waals surface area contributed by atoms with Gasteiger partial charge >= 0.3 is 6.18 Å². The summed E-state index contributed by atoms with van der Waals surface area (Å²) < 4.78 is 43.7. The molecule has 3 rings (SSSR count). The standard InChI is InChI=1S/C18H16F3N3O2S/c1-9(15-10(2)24-26-11(15)3)22-16(25)14-8-27-17(23-14)12-5-4-6-13(7-12)18(19,20)21/h4-9H,1-3H3,(H,22,25). The Morgan fingerprint density at radius 2 is 2.04 bits per heavy atom. The molecule has 0 radical (unpaired) electrons. The summed E-state index contributed by atoms with van der Waals surface area (Å²) in [6, 6.07) is 4.52. The fraction of sp³-hybridized carbons (Fsp3) is 0.278. The van der Waals surface area contributed by atoms with Crippen molar-refractivity contribution in [3.05, 3.63) is 57.9 Å². The van der Waals surface area contributed by atoms with Gasteiger partial charge in [0.25, 0.3) is 5.91 Å². The van der Waals surface area contributed by atoms with E-state index in [0.29, 0.717) is 22.0 Å². The highest BCUT2D eigenvalue weighted by Gasteiger charge is 2.30. The van der Waals surface area contributed by atoms with Crippen LogP contribution in [0.2, 0.25) is 0 Å². The number of hydrogen-bond acceptors (Lipinski definition) is 5. The Balaban J connectivity index is 1.79. The van der Waals surface area contributed by atoms with Crippen LogP contribution in [0, 0.1) is 13.8 Å². The number of alkyl halides is 3. The van der Waals surface area contributed by atoms with Crippen molar-refractivity contribution in [2.75, 3.05) is 0 Å². The van der Waals surface area contributed by atoms with Gasteiger partial charge in [0.05, 0.1) is 17.3 Å². The lowest BCUT2D eigenvalue weighted by Gasteiger charge is -2.12. The Bertz CT molecular complexity index is 959. The summed E-state index contributed by atoms with van der Waals surface area (Å²) in [5, 5.41) is 8.53. The molecule has 3 aromatic rings. The van der Waals surface area contributed by atoms with Gasteiger partial charge in [-0.25, -0.2) is 4.98 Å². The molecule has 2 aromatic heterocycles. The van der Waals surface area contributed by atoms with Crippen molar-refractivity contribution in [2.45, 2.75) is 33.0 Å². The molecule has 9 heteroatoms. The lowest BCUT2D eigenvalue weighted by molar-refractivity contribution is -0.137. The molecule has 0 aliphatic heterocycles. The number of aromatic nitrogens is 2. The molecule has 0 aliphatic rings. The van der Waals surface area contributed by atoms with Crippen molar-refractivity contribution in [3.8, 4) is 10.6 Å². The van der Waals surface area contributed by atoms with Crippen LogP contribution in [-0.2, 0) is 6.18 Å². The first kappa shape index (κ1) is 19.1. The normalized spacial score (nSPS) is 12.8. The summed E-state index contributed by atoms with van der Waals surface area (Å²) in [4.78, 5) is 16.6. The van der Waals surface area contributed by atoms with E-state index in [1.165, 1.54) is 17.5 Å². The van der Waals surface area contributed by atoms with Crippen LogP contribution in [-0.4, -0.2) is 16.0 Å². The molecular weight excluding hydrogens is 379 g/mol. The summed E-state index contributed by atoms with van der Waals surface area (Å²) >= 11 is 1.11. The highest BCUT2D eigenvalue weighted by molar-refractivity contribution is 7.13. The fourth-order valence-corrected chi connectivity index (χ4v) is 3.59. The van der Waals surface area contributed by atoms with E-state index >= 15 is 0 Å². The number of rotatable bonds is 4. The van der Waals surface area contributed by atoms with Crippen LogP contribution >= 0.6 is 11.3 Å². The number of thiazole rings is 1.